The van der Waals surface area contributed by atoms with Crippen LogP contribution < -0.4 is 0 Å². The van der Waals surface area contributed by atoms with E-state index >= 15 is 0 Å². The van der Waals surface area contributed by atoms with Crippen molar-refractivity contribution in [3.05, 3.63) is 0 Å². The van der Waals surface area contributed by atoms with Crippen LogP contribution in [0.25, 0.3) is 0 Å². The maximum atomic E-state index is 5.28. The molecule has 0 heterocycles. The molecule has 54 valence electrons. The summed E-state index contributed by atoms with van der Waals surface area (Å²) in [6, 6.07) is 0. The Kier molecular flexibility index (Phi) is 6.30. The fourth-order valence-corrected chi connectivity index (χ4v) is 2.36. The first-order valence-electron chi connectivity index (χ1n) is 3.57. The van der Waals surface area contributed by atoms with Gasteiger partial charge in [-0.3, -0.25) is 0 Å². The van der Waals surface area contributed by atoms with Gasteiger partial charge in [0.2, 0.25) is 9.38 Å². The minimum absolute atomic E-state index is 0.0268. The maximum Gasteiger partial charge on any atom is 0.208 e. The first kappa shape index (κ1) is 9.10. The standard InChI is InChI=1S/C6H16OSi2/c1-4-6(8-2)5-7-9-3/h6,9H,3-5,8H2,1-2H3. The van der Waals surface area contributed by atoms with Crippen LogP contribution in [0.5, 0.6) is 0 Å². The van der Waals surface area contributed by atoms with E-state index in [1.54, 1.807) is 0 Å². The molecule has 0 bridgehead atoms. The highest BCUT2D eigenvalue weighted by Gasteiger charge is 2.00. The van der Waals surface area contributed by atoms with Gasteiger partial charge in [-0.2, -0.15) is 0 Å². The van der Waals surface area contributed by atoms with Crippen molar-refractivity contribution in [2.75, 3.05) is 6.61 Å². The van der Waals surface area contributed by atoms with E-state index in [9.17, 15) is 0 Å². The Morgan fingerprint density at radius 3 is 2.78 bits per heavy atom. The zero-order valence-corrected chi connectivity index (χ0v) is 8.96. The van der Waals surface area contributed by atoms with Gasteiger partial charge in [0.05, 0.1) is 6.61 Å². The van der Waals surface area contributed by atoms with Crippen LogP contribution in [-0.2, 0) is 4.43 Å². The van der Waals surface area contributed by atoms with E-state index in [0.29, 0.717) is 0 Å². The molecule has 1 atom stereocenters. The molecule has 0 rings (SSSR count). The average Bonchev–Trinajstić information content (AvgIpc) is 1.91. The van der Waals surface area contributed by atoms with E-state index < -0.39 is 0 Å². The molecule has 0 aliphatic rings. The summed E-state index contributed by atoms with van der Waals surface area (Å²) >= 11 is 0. The summed E-state index contributed by atoms with van der Waals surface area (Å²) in [6.07, 6.45) is 5.00. The third kappa shape index (κ3) is 4.60. The van der Waals surface area contributed by atoms with Crippen molar-refractivity contribution in [3.8, 4) is 0 Å². The average molecular weight is 160 g/mol. The van der Waals surface area contributed by atoms with Crippen LogP contribution >= 0.6 is 0 Å². The van der Waals surface area contributed by atoms with Gasteiger partial charge in [-0.25, -0.2) is 0 Å². The highest BCUT2D eigenvalue weighted by Crippen LogP contribution is 2.06. The summed E-state index contributed by atoms with van der Waals surface area (Å²) in [5.41, 5.74) is 0.902. The van der Waals surface area contributed by atoms with E-state index in [1.165, 1.54) is 6.42 Å². The Labute approximate surface area is 62.2 Å². The minimum Gasteiger partial charge on any atom is -0.554 e. The molecule has 0 amide bonds. The van der Waals surface area contributed by atoms with Crippen LogP contribution in [-0.4, -0.2) is 31.7 Å². The normalized spacial score (nSPS) is 14.0. The van der Waals surface area contributed by atoms with Gasteiger partial charge in [0, 0.05) is 9.52 Å². The van der Waals surface area contributed by atoms with Gasteiger partial charge in [-0.1, -0.05) is 26.1 Å². The summed E-state index contributed by atoms with van der Waals surface area (Å²) < 4.78 is 5.28. The van der Waals surface area contributed by atoms with Gasteiger partial charge >= 0.3 is 0 Å². The zero-order chi connectivity index (χ0) is 7.11. The molecule has 0 saturated carbocycles. The Morgan fingerprint density at radius 2 is 2.44 bits per heavy atom. The van der Waals surface area contributed by atoms with E-state index in [2.05, 4.69) is 19.6 Å². The molecule has 0 aromatic rings. The monoisotopic (exact) mass is 160 g/mol. The molecule has 0 spiro atoms. The zero-order valence-electron chi connectivity index (χ0n) is 6.39. The fourth-order valence-electron chi connectivity index (χ4n) is 0.729. The predicted molar refractivity (Wildman–Crippen MR) is 48.7 cm³/mol. The molecule has 0 aliphatic heterocycles. The van der Waals surface area contributed by atoms with Crippen LogP contribution in [0.2, 0.25) is 12.1 Å². The maximum absolute atomic E-state index is 5.28. The molecule has 1 nitrogen and oxygen atoms in total. The lowest BCUT2D eigenvalue weighted by atomic mass is 10.3. The lowest BCUT2D eigenvalue weighted by Crippen LogP contribution is -2.07. The Balaban J connectivity index is 3.19. The molecule has 0 saturated heterocycles. The fraction of sp³-hybridized carbons (Fsp3) is 0.833. The second-order valence-corrected chi connectivity index (χ2v) is 4.82. The van der Waals surface area contributed by atoms with Crippen molar-refractivity contribution in [2.45, 2.75) is 25.4 Å². The smallest absolute Gasteiger partial charge is 0.208 e. The van der Waals surface area contributed by atoms with Crippen molar-refractivity contribution >= 4 is 25.1 Å². The van der Waals surface area contributed by atoms with Crippen molar-refractivity contribution in [3.63, 3.8) is 0 Å². The number of rotatable bonds is 5. The summed E-state index contributed by atoms with van der Waals surface area (Å²) in [7, 11) is 0.195. The Bertz CT molecular complexity index is 71.5. The van der Waals surface area contributed by atoms with E-state index in [1.807, 2.05) is 0 Å². The van der Waals surface area contributed by atoms with Crippen LogP contribution in [0.4, 0.5) is 0 Å². The van der Waals surface area contributed by atoms with Gasteiger partial charge in [0.25, 0.3) is 0 Å². The van der Waals surface area contributed by atoms with Crippen LogP contribution in [0, 0.1) is 0 Å². The Hall–Kier alpha value is 0.104. The molecular weight excluding hydrogens is 144 g/mol. The van der Waals surface area contributed by atoms with Crippen molar-refractivity contribution in [2.24, 2.45) is 0 Å². The lowest BCUT2D eigenvalue weighted by molar-refractivity contribution is 0.336. The first-order chi connectivity index (χ1) is 4.35. The second kappa shape index (κ2) is 6.23. The Morgan fingerprint density at radius 1 is 1.78 bits per heavy atom. The number of hydrogen-bond donors (Lipinski definition) is 0. The summed E-state index contributed by atoms with van der Waals surface area (Å²) in [4.78, 5) is 0. The molecule has 0 radical (unpaired) electrons. The summed E-state index contributed by atoms with van der Waals surface area (Å²) in [6.45, 7) is 5.57. The minimum atomic E-state index is 0.0268. The highest BCUT2D eigenvalue weighted by atomic mass is 28.2. The number of hydrogen-bond acceptors (Lipinski definition) is 1. The van der Waals surface area contributed by atoms with E-state index in [0.717, 1.165) is 12.1 Å². The van der Waals surface area contributed by atoms with Gasteiger partial charge in [0.1, 0.15) is 0 Å². The quantitative estimate of drug-likeness (QED) is 0.522. The molecule has 0 fully saturated rings. The van der Waals surface area contributed by atoms with Gasteiger partial charge in [-0.05, 0) is 5.54 Å². The topological polar surface area (TPSA) is 9.23 Å². The van der Waals surface area contributed by atoms with Crippen LogP contribution in [0.1, 0.15) is 13.3 Å². The molecule has 0 N–H and O–H groups in total. The molecular formula is C6H16OSi2. The second-order valence-electron chi connectivity index (χ2n) is 2.18. The largest absolute Gasteiger partial charge is 0.554 e. The van der Waals surface area contributed by atoms with Gasteiger partial charge in [0.15, 0.2) is 0 Å². The van der Waals surface area contributed by atoms with Crippen LogP contribution in [0.3, 0.4) is 0 Å². The molecule has 0 aliphatic carbocycles. The molecule has 0 aromatic carbocycles. The third-order valence-electron chi connectivity index (χ3n) is 1.60. The molecule has 0 aromatic heterocycles. The SMILES string of the molecule is C=[SiH]OCC(CC)[SiH2]C. The molecule has 3 heteroatoms. The summed E-state index contributed by atoms with van der Waals surface area (Å²) in [5, 5.41) is 0. The lowest BCUT2D eigenvalue weighted by Gasteiger charge is -2.10. The summed E-state index contributed by atoms with van der Waals surface area (Å²) in [5.74, 6) is 0. The van der Waals surface area contributed by atoms with Gasteiger partial charge < -0.3 is 4.43 Å². The molecule has 9 heavy (non-hydrogen) atoms. The van der Waals surface area contributed by atoms with E-state index in [-0.39, 0.29) is 18.9 Å². The molecule has 1 unspecified atom stereocenters. The van der Waals surface area contributed by atoms with Gasteiger partial charge in [-0.15, -0.1) is 0 Å². The highest BCUT2D eigenvalue weighted by molar-refractivity contribution is 6.36. The third-order valence-corrected chi connectivity index (χ3v) is 4.00. The van der Waals surface area contributed by atoms with Crippen molar-refractivity contribution in [1.82, 2.24) is 0 Å². The van der Waals surface area contributed by atoms with E-state index in [4.69, 9.17) is 4.43 Å². The predicted octanol–water partition coefficient (Wildman–Crippen LogP) is 0.202. The van der Waals surface area contributed by atoms with Crippen molar-refractivity contribution < 1.29 is 4.43 Å². The van der Waals surface area contributed by atoms with Crippen molar-refractivity contribution in [1.29, 1.82) is 0 Å². The van der Waals surface area contributed by atoms with Crippen LogP contribution in [0.15, 0.2) is 0 Å². The first-order valence-corrected chi connectivity index (χ1v) is 7.09.